The second kappa shape index (κ2) is 6.18. The van der Waals surface area contributed by atoms with E-state index in [4.69, 9.17) is 4.74 Å². The van der Waals surface area contributed by atoms with Crippen LogP contribution in [-0.4, -0.2) is 37.2 Å². The first-order chi connectivity index (χ1) is 8.33. The standard InChI is InChI=1S/C13H23NO4/c1-13(2,3)18-12(16)9(8-11(15)17-4)10-6-5-7-14-10/h9-10,14H,5-8H2,1-4H3/t9?,10-/m0/s1. The summed E-state index contributed by atoms with van der Waals surface area (Å²) in [5, 5.41) is 3.24. The van der Waals surface area contributed by atoms with Crippen molar-refractivity contribution >= 4 is 11.9 Å². The van der Waals surface area contributed by atoms with Gasteiger partial charge in [0.2, 0.25) is 0 Å². The molecule has 0 aromatic heterocycles. The molecule has 1 aliphatic rings. The highest BCUT2D eigenvalue weighted by molar-refractivity contribution is 5.80. The average molecular weight is 257 g/mol. The maximum absolute atomic E-state index is 12.1. The number of carbonyl (C=O) groups is 2. The summed E-state index contributed by atoms with van der Waals surface area (Å²) >= 11 is 0. The zero-order valence-electron chi connectivity index (χ0n) is 11.6. The number of hydrogen-bond acceptors (Lipinski definition) is 5. The number of carbonyl (C=O) groups excluding carboxylic acids is 2. The van der Waals surface area contributed by atoms with Crippen molar-refractivity contribution in [3.05, 3.63) is 0 Å². The van der Waals surface area contributed by atoms with E-state index < -0.39 is 11.5 Å². The molecule has 0 radical (unpaired) electrons. The lowest BCUT2D eigenvalue weighted by atomic mass is 9.94. The zero-order chi connectivity index (χ0) is 13.8. The van der Waals surface area contributed by atoms with Crippen molar-refractivity contribution in [2.75, 3.05) is 13.7 Å². The Balaban J connectivity index is 2.69. The highest BCUT2D eigenvalue weighted by atomic mass is 16.6. The van der Waals surface area contributed by atoms with E-state index in [0.717, 1.165) is 19.4 Å². The van der Waals surface area contributed by atoms with Crippen LogP contribution in [0.15, 0.2) is 0 Å². The smallest absolute Gasteiger partial charge is 0.311 e. The van der Waals surface area contributed by atoms with Gasteiger partial charge in [0.1, 0.15) is 5.60 Å². The number of nitrogens with one attached hydrogen (secondary N) is 1. The Morgan fingerprint density at radius 2 is 2.06 bits per heavy atom. The number of hydrogen-bond donors (Lipinski definition) is 1. The fourth-order valence-corrected chi connectivity index (χ4v) is 2.09. The molecule has 0 amide bonds. The monoisotopic (exact) mass is 257 g/mol. The van der Waals surface area contributed by atoms with Crippen molar-refractivity contribution in [1.29, 1.82) is 0 Å². The van der Waals surface area contributed by atoms with Crippen molar-refractivity contribution in [3.8, 4) is 0 Å². The van der Waals surface area contributed by atoms with Gasteiger partial charge >= 0.3 is 11.9 Å². The Bertz CT molecular complexity index is 303. The summed E-state index contributed by atoms with van der Waals surface area (Å²) in [6.07, 6.45) is 1.98. The Labute approximate surface area is 108 Å². The molecule has 0 aliphatic carbocycles. The molecule has 1 saturated heterocycles. The third-order valence-corrected chi connectivity index (χ3v) is 2.91. The van der Waals surface area contributed by atoms with Gasteiger partial charge < -0.3 is 14.8 Å². The second-order valence-corrected chi connectivity index (χ2v) is 5.62. The van der Waals surface area contributed by atoms with E-state index >= 15 is 0 Å². The SMILES string of the molecule is COC(=O)CC(C(=O)OC(C)(C)C)[C@@H]1CCCN1. The van der Waals surface area contributed by atoms with Crippen LogP contribution >= 0.6 is 0 Å². The first kappa shape index (κ1) is 15.0. The van der Waals surface area contributed by atoms with E-state index in [1.165, 1.54) is 7.11 Å². The van der Waals surface area contributed by atoms with Gasteiger partial charge in [0, 0.05) is 6.04 Å². The Hall–Kier alpha value is -1.10. The fourth-order valence-electron chi connectivity index (χ4n) is 2.09. The lowest BCUT2D eigenvalue weighted by molar-refractivity contribution is -0.164. The van der Waals surface area contributed by atoms with Gasteiger partial charge in [0.25, 0.3) is 0 Å². The highest BCUT2D eigenvalue weighted by Crippen LogP contribution is 2.22. The van der Waals surface area contributed by atoms with E-state index in [1.807, 2.05) is 20.8 Å². The molecule has 0 bridgehead atoms. The first-order valence-corrected chi connectivity index (χ1v) is 6.36. The topological polar surface area (TPSA) is 64.6 Å². The molecule has 5 nitrogen and oxygen atoms in total. The third kappa shape index (κ3) is 4.64. The fraction of sp³-hybridized carbons (Fsp3) is 0.846. The van der Waals surface area contributed by atoms with E-state index in [0.29, 0.717) is 0 Å². The van der Waals surface area contributed by atoms with Crippen LogP contribution in [0.5, 0.6) is 0 Å². The number of rotatable bonds is 4. The molecule has 0 saturated carbocycles. The van der Waals surface area contributed by atoms with Crippen molar-refractivity contribution in [1.82, 2.24) is 5.32 Å². The Morgan fingerprint density at radius 1 is 1.39 bits per heavy atom. The lowest BCUT2D eigenvalue weighted by Crippen LogP contribution is -2.40. The van der Waals surface area contributed by atoms with Crippen LogP contribution in [0.4, 0.5) is 0 Å². The quantitative estimate of drug-likeness (QED) is 0.768. The first-order valence-electron chi connectivity index (χ1n) is 6.36. The van der Waals surface area contributed by atoms with Gasteiger partial charge in [-0.25, -0.2) is 0 Å². The molecule has 1 aliphatic heterocycles. The number of methoxy groups -OCH3 is 1. The predicted octanol–water partition coefficient (Wildman–Crippen LogP) is 1.26. The van der Waals surface area contributed by atoms with Crippen molar-refractivity contribution in [2.45, 2.75) is 51.7 Å². The molecular weight excluding hydrogens is 234 g/mol. The van der Waals surface area contributed by atoms with Gasteiger partial charge in [-0.15, -0.1) is 0 Å². The van der Waals surface area contributed by atoms with Crippen molar-refractivity contribution in [3.63, 3.8) is 0 Å². The average Bonchev–Trinajstić information content (AvgIpc) is 2.75. The maximum atomic E-state index is 12.1. The van der Waals surface area contributed by atoms with Crippen LogP contribution in [0.1, 0.15) is 40.0 Å². The van der Waals surface area contributed by atoms with E-state index in [2.05, 4.69) is 10.1 Å². The van der Waals surface area contributed by atoms with Crippen molar-refractivity contribution in [2.24, 2.45) is 5.92 Å². The van der Waals surface area contributed by atoms with Gasteiger partial charge in [0.05, 0.1) is 19.4 Å². The summed E-state index contributed by atoms with van der Waals surface area (Å²) < 4.78 is 10.0. The molecule has 1 fully saturated rings. The normalized spacial score (nSPS) is 21.4. The molecule has 104 valence electrons. The molecule has 5 heteroatoms. The van der Waals surface area contributed by atoms with Gasteiger partial charge in [-0.05, 0) is 40.2 Å². The van der Waals surface area contributed by atoms with Crippen LogP contribution in [0.2, 0.25) is 0 Å². The van der Waals surface area contributed by atoms with Gasteiger partial charge in [-0.2, -0.15) is 0 Å². The van der Waals surface area contributed by atoms with Gasteiger partial charge in [-0.3, -0.25) is 9.59 Å². The summed E-state index contributed by atoms with van der Waals surface area (Å²) in [6, 6.07) is 0.0129. The summed E-state index contributed by atoms with van der Waals surface area (Å²) in [4.78, 5) is 23.5. The molecular formula is C13H23NO4. The summed E-state index contributed by atoms with van der Waals surface area (Å²) in [7, 11) is 1.33. The van der Waals surface area contributed by atoms with E-state index in [-0.39, 0.29) is 24.4 Å². The molecule has 0 spiro atoms. The minimum absolute atomic E-state index is 0.0129. The molecule has 1 heterocycles. The molecule has 0 aromatic rings. The van der Waals surface area contributed by atoms with Crippen LogP contribution in [0, 0.1) is 5.92 Å². The van der Waals surface area contributed by atoms with Gasteiger partial charge in [0.15, 0.2) is 0 Å². The van der Waals surface area contributed by atoms with Crippen LogP contribution in [0.3, 0.4) is 0 Å². The molecule has 1 N–H and O–H groups in total. The molecule has 0 aromatic carbocycles. The number of ether oxygens (including phenoxy) is 2. The Kier molecular flexibility index (Phi) is 5.14. The zero-order valence-corrected chi connectivity index (χ0v) is 11.6. The summed E-state index contributed by atoms with van der Waals surface area (Å²) in [6.45, 7) is 6.34. The maximum Gasteiger partial charge on any atom is 0.311 e. The molecule has 2 atom stereocenters. The minimum Gasteiger partial charge on any atom is -0.469 e. The van der Waals surface area contributed by atoms with Crippen LogP contribution in [0.25, 0.3) is 0 Å². The summed E-state index contributed by atoms with van der Waals surface area (Å²) in [5.41, 5.74) is -0.538. The molecule has 1 unspecified atom stereocenters. The predicted molar refractivity (Wildman–Crippen MR) is 67.0 cm³/mol. The van der Waals surface area contributed by atoms with Crippen molar-refractivity contribution < 1.29 is 19.1 Å². The second-order valence-electron chi connectivity index (χ2n) is 5.62. The Morgan fingerprint density at radius 3 is 2.50 bits per heavy atom. The largest absolute Gasteiger partial charge is 0.469 e. The third-order valence-electron chi connectivity index (χ3n) is 2.91. The molecule has 1 rings (SSSR count). The molecule has 18 heavy (non-hydrogen) atoms. The van der Waals surface area contributed by atoms with E-state index in [9.17, 15) is 9.59 Å². The summed E-state index contributed by atoms with van der Waals surface area (Å²) in [5.74, 6) is -1.16. The highest BCUT2D eigenvalue weighted by Gasteiger charge is 2.35. The van der Waals surface area contributed by atoms with E-state index in [1.54, 1.807) is 0 Å². The van der Waals surface area contributed by atoms with Crippen LogP contribution < -0.4 is 5.32 Å². The van der Waals surface area contributed by atoms with Gasteiger partial charge in [-0.1, -0.05) is 0 Å². The lowest BCUT2D eigenvalue weighted by Gasteiger charge is -2.26. The van der Waals surface area contributed by atoms with Crippen LogP contribution in [-0.2, 0) is 19.1 Å². The minimum atomic E-state index is -0.538. The number of esters is 2.